The third-order valence-corrected chi connectivity index (χ3v) is 3.61. The molecule has 0 saturated carbocycles. The molecule has 2 N–H and O–H groups in total. The lowest BCUT2D eigenvalue weighted by Gasteiger charge is -2.10. The average Bonchev–Trinajstić information content (AvgIpc) is 2.41. The van der Waals surface area contributed by atoms with Gasteiger partial charge in [-0.3, -0.25) is 0 Å². The van der Waals surface area contributed by atoms with E-state index in [1.165, 1.54) is 0 Å². The standard InChI is InChI=1S/C14H15BrN2O2/c1-9-5-11(8-17-14(9)15)16-7-10-6-12(19-2)3-4-13(10)18/h3-6,8,16,18H,7H2,1-2H3. The molecule has 1 aromatic carbocycles. The molecular weight excluding hydrogens is 308 g/mol. The summed E-state index contributed by atoms with van der Waals surface area (Å²) in [5.41, 5.74) is 2.74. The van der Waals surface area contributed by atoms with Gasteiger partial charge in [-0.25, -0.2) is 4.98 Å². The second kappa shape index (κ2) is 5.93. The number of methoxy groups -OCH3 is 1. The molecular formula is C14H15BrN2O2. The number of pyridine rings is 1. The number of anilines is 1. The highest BCUT2D eigenvalue weighted by Gasteiger charge is 2.04. The van der Waals surface area contributed by atoms with E-state index in [-0.39, 0.29) is 5.75 Å². The third-order valence-electron chi connectivity index (χ3n) is 2.78. The van der Waals surface area contributed by atoms with E-state index in [0.29, 0.717) is 6.54 Å². The second-order valence-corrected chi connectivity index (χ2v) is 4.93. The monoisotopic (exact) mass is 322 g/mol. The highest BCUT2D eigenvalue weighted by atomic mass is 79.9. The minimum absolute atomic E-state index is 0.245. The Kier molecular flexibility index (Phi) is 4.27. The number of phenolic OH excluding ortho intramolecular Hbond substituents is 1. The Balaban J connectivity index is 2.11. The lowest BCUT2D eigenvalue weighted by atomic mass is 10.2. The van der Waals surface area contributed by atoms with Crippen molar-refractivity contribution in [1.29, 1.82) is 0 Å². The molecule has 0 amide bonds. The fourth-order valence-electron chi connectivity index (χ4n) is 1.68. The Bertz CT molecular complexity index is 588. The number of nitrogens with zero attached hydrogens (tertiary/aromatic N) is 1. The van der Waals surface area contributed by atoms with Gasteiger partial charge in [-0.15, -0.1) is 0 Å². The maximum Gasteiger partial charge on any atom is 0.120 e. The Morgan fingerprint density at radius 1 is 1.37 bits per heavy atom. The van der Waals surface area contributed by atoms with Crippen molar-refractivity contribution in [3.8, 4) is 11.5 Å². The quantitative estimate of drug-likeness (QED) is 0.846. The SMILES string of the molecule is COc1ccc(O)c(CNc2cnc(Br)c(C)c2)c1. The molecule has 0 radical (unpaired) electrons. The van der Waals surface area contributed by atoms with Crippen molar-refractivity contribution >= 4 is 21.6 Å². The number of nitrogens with one attached hydrogen (secondary N) is 1. The van der Waals surface area contributed by atoms with Gasteiger partial charge in [-0.05, 0) is 52.7 Å². The molecule has 2 rings (SSSR count). The first-order valence-electron chi connectivity index (χ1n) is 5.82. The van der Waals surface area contributed by atoms with Crippen LogP contribution in [0, 0.1) is 6.92 Å². The Labute approximate surface area is 120 Å². The Morgan fingerprint density at radius 2 is 2.16 bits per heavy atom. The van der Waals surface area contributed by atoms with Gasteiger partial charge in [0, 0.05) is 12.1 Å². The van der Waals surface area contributed by atoms with Crippen molar-refractivity contribution in [2.24, 2.45) is 0 Å². The largest absolute Gasteiger partial charge is 0.508 e. The van der Waals surface area contributed by atoms with Crippen molar-refractivity contribution in [2.75, 3.05) is 12.4 Å². The topological polar surface area (TPSA) is 54.4 Å². The first-order valence-corrected chi connectivity index (χ1v) is 6.61. The molecule has 5 heteroatoms. The molecule has 0 fully saturated rings. The number of benzene rings is 1. The van der Waals surface area contributed by atoms with Crippen LogP contribution in [0.3, 0.4) is 0 Å². The minimum atomic E-state index is 0.245. The maximum atomic E-state index is 9.79. The van der Waals surface area contributed by atoms with Crippen molar-refractivity contribution in [3.63, 3.8) is 0 Å². The van der Waals surface area contributed by atoms with E-state index in [4.69, 9.17) is 4.74 Å². The van der Waals surface area contributed by atoms with Crippen LogP contribution >= 0.6 is 15.9 Å². The maximum absolute atomic E-state index is 9.79. The van der Waals surface area contributed by atoms with Gasteiger partial charge in [0.25, 0.3) is 0 Å². The first kappa shape index (κ1) is 13.7. The van der Waals surface area contributed by atoms with Gasteiger partial charge >= 0.3 is 0 Å². The predicted octanol–water partition coefficient (Wildman–Crippen LogP) is 3.48. The third kappa shape index (κ3) is 3.38. The molecule has 0 bridgehead atoms. The van der Waals surface area contributed by atoms with Crippen LogP contribution in [-0.2, 0) is 6.54 Å². The number of aromatic hydroxyl groups is 1. The number of rotatable bonds is 4. The van der Waals surface area contributed by atoms with Crippen LogP contribution in [0.2, 0.25) is 0 Å². The van der Waals surface area contributed by atoms with E-state index < -0.39 is 0 Å². The van der Waals surface area contributed by atoms with Crippen molar-refractivity contribution in [2.45, 2.75) is 13.5 Å². The number of aryl methyl sites for hydroxylation is 1. The zero-order valence-corrected chi connectivity index (χ0v) is 12.4. The highest BCUT2D eigenvalue weighted by Crippen LogP contribution is 2.24. The van der Waals surface area contributed by atoms with Crippen LogP contribution in [0.1, 0.15) is 11.1 Å². The molecule has 0 aliphatic rings. The van der Waals surface area contributed by atoms with Crippen molar-refractivity contribution < 1.29 is 9.84 Å². The summed E-state index contributed by atoms with van der Waals surface area (Å²) in [6, 6.07) is 7.15. The molecule has 1 heterocycles. The van der Waals surface area contributed by atoms with Crippen LogP contribution < -0.4 is 10.1 Å². The summed E-state index contributed by atoms with van der Waals surface area (Å²) in [6.07, 6.45) is 1.74. The van der Waals surface area contributed by atoms with Gasteiger partial charge in [0.05, 0.1) is 19.0 Å². The predicted molar refractivity (Wildman–Crippen MR) is 78.7 cm³/mol. The molecule has 2 aromatic rings. The highest BCUT2D eigenvalue weighted by molar-refractivity contribution is 9.10. The first-order chi connectivity index (χ1) is 9.10. The van der Waals surface area contributed by atoms with Gasteiger partial charge in [-0.1, -0.05) is 0 Å². The van der Waals surface area contributed by atoms with Crippen LogP contribution in [0.5, 0.6) is 11.5 Å². The van der Waals surface area contributed by atoms with Crippen LogP contribution in [-0.4, -0.2) is 17.2 Å². The Hall–Kier alpha value is -1.75. The average molecular weight is 323 g/mol. The number of aromatic nitrogens is 1. The summed E-state index contributed by atoms with van der Waals surface area (Å²) in [7, 11) is 1.60. The number of halogens is 1. The minimum Gasteiger partial charge on any atom is -0.508 e. The van der Waals surface area contributed by atoms with Crippen molar-refractivity contribution in [3.05, 3.63) is 46.2 Å². The molecule has 0 atom stereocenters. The van der Waals surface area contributed by atoms with E-state index in [9.17, 15) is 5.11 Å². The summed E-state index contributed by atoms with van der Waals surface area (Å²) >= 11 is 3.36. The zero-order chi connectivity index (χ0) is 13.8. The lowest BCUT2D eigenvalue weighted by Crippen LogP contribution is -2.01. The van der Waals surface area contributed by atoms with Gasteiger partial charge in [0.2, 0.25) is 0 Å². The van der Waals surface area contributed by atoms with E-state index in [0.717, 1.165) is 27.2 Å². The second-order valence-electron chi connectivity index (χ2n) is 4.18. The van der Waals surface area contributed by atoms with Crippen LogP contribution in [0.25, 0.3) is 0 Å². The van der Waals surface area contributed by atoms with Crippen LogP contribution in [0.15, 0.2) is 35.1 Å². The molecule has 0 saturated heterocycles. The van der Waals surface area contributed by atoms with E-state index >= 15 is 0 Å². The summed E-state index contributed by atoms with van der Waals surface area (Å²) in [5.74, 6) is 0.967. The lowest BCUT2D eigenvalue weighted by molar-refractivity contribution is 0.411. The summed E-state index contributed by atoms with van der Waals surface area (Å²) in [4.78, 5) is 4.21. The molecule has 0 aliphatic carbocycles. The molecule has 1 aromatic heterocycles. The number of hydrogen-bond donors (Lipinski definition) is 2. The van der Waals surface area contributed by atoms with E-state index in [1.807, 2.05) is 19.1 Å². The van der Waals surface area contributed by atoms with E-state index in [1.54, 1.807) is 25.4 Å². The molecule has 100 valence electrons. The fourth-order valence-corrected chi connectivity index (χ4v) is 1.90. The van der Waals surface area contributed by atoms with Gasteiger partial charge in [0.15, 0.2) is 0 Å². The molecule has 4 nitrogen and oxygen atoms in total. The number of phenols is 1. The normalized spacial score (nSPS) is 10.3. The molecule has 0 aliphatic heterocycles. The Morgan fingerprint density at radius 3 is 2.84 bits per heavy atom. The van der Waals surface area contributed by atoms with E-state index in [2.05, 4.69) is 26.2 Å². The number of ether oxygens (including phenoxy) is 1. The van der Waals surface area contributed by atoms with Crippen molar-refractivity contribution in [1.82, 2.24) is 4.98 Å². The molecule has 19 heavy (non-hydrogen) atoms. The summed E-state index contributed by atoms with van der Waals surface area (Å²) in [6.45, 7) is 2.48. The van der Waals surface area contributed by atoms with Gasteiger partial charge in [-0.2, -0.15) is 0 Å². The zero-order valence-electron chi connectivity index (χ0n) is 10.8. The molecule has 0 unspecified atom stereocenters. The molecule has 0 spiro atoms. The summed E-state index contributed by atoms with van der Waals surface area (Å²) < 4.78 is 5.97. The number of hydrogen-bond acceptors (Lipinski definition) is 4. The smallest absolute Gasteiger partial charge is 0.120 e. The fraction of sp³-hybridized carbons (Fsp3) is 0.214. The van der Waals surface area contributed by atoms with Gasteiger partial charge < -0.3 is 15.2 Å². The van der Waals surface area contributed by atoms with Crippen LogP contribution in [0.4, 0.5) is 5.69 Å². The van der Waals surface area contributed by atoms with Gasteiger partial charge in [0.1, 0.15) is 16.1 Å². The summed E-state index contributed by atoms with van der Waals surface area (Å²) in [5, 5.41) is 13.0.